The van der Waals surface area contributed by atoms with E-state index < -0.39 is 0 Å². The van der Waals surface area contributed by atoms with Gasteiger partial charge in [0.25, 0.3) is 5.56 Å². The molecule has 0 saturated heterocycles. The zero-order valence-corrected chi connectivity index (χ0v) is 17.9. The number of rotatable bonds is 6. The third kappa shape index (κ3) is 3.74. The summed E-state index contributed by atoms with van der Waals surface area (Å²) in [5, 5.41) is 5.17. The van der Waals surface area contributed by atoms with Crippen LogP contribution in [-0.4, -0.2) is 26.5 Å². The zero-order valence-electron chi connectivity index (χ0n) is 17.1. The number of fused-ring (bicyclic) bond motifs is 2. The lowest BCUT2D eigenvalue weighted by Crippen LogP contribution is -2.23. The van der Waals surface area contributed by atoms with Gasteiger partial charge in [-0.05, 0) is 42.5 Å². The van der Waals surface area contributed by atoms with Crippen LogP contribution in [-0.2, 0) is 12.3 Å². The summed E-state index contributed by atoms with van der Waals surface area (Å²) in [6, 6.07) is 16.4. The van der Waals surface area contributed by atoms with E-state index in [0.717, 1.165) is 5.56 Å². The van der Waals surface area contributed by atoms with Gasteiger partial charge in [0.2, 0.25) is 18.5 Å². The minimum Gasteiger partial charge on any atom is -0.467 e. The average Bonchev–Trinajstić information content (AvgIpc) is 3.61. The fourth-order valence-corrected chi connectivity index (χ4v) is 4.38. The summed E-state index contributed by atoms with van der Waals surface area (Å²) >= 11 is 1.35. The van der Waals surface area contributed by atoms with Gasteiger partial charge in [0.05, 0.1) is 29.5 Å². The second-order valence-electron chi connectivity index (χ2n) is 7.25. The lowest BCUT2D eigenvalue weighted by molar-refractivity contribution is 0.174. The topological polar surface area (TPSA) is 105 Å². The van der Waals surface area contributed by atoms with E-state index in [2.05, 4.69) is 10.1 Å². The molecule has 4 heterocycles. The number of para-hydroxylation sites is 1. The van der Waals surface area contributed by atoms with E-state index >= 15 is 0 Å². The third-order valence-corrected chi connectivity index (χ3v) is 6.11. The van der Waals surface area contributed by atoms with Crippen LogP contribution in [0.4, 0.5) is 0 Å². The molecule has 1 aliphatic heterocycles. The van der Waals surface area contributed by atoms with Crippen LogP contribution in [0.3, 0.4) is 0 Å². The largest absolute Gasteiger partial charge is 0.467 e. The Hall–Kier alpha value is -4.05. The van der Waals surface area contributed by atoms with Crippen molar-refractivity contribution in [2.45, 2.75) is 17.5 Å². The number of furan rings is 1. The number of ether oxygens (including phenoxy) is 2. The van der Waals surface area contributed by atoms with Gasteiger partial charge in [0.15, 0.2) is 16.7 Å². The van der Waals surface area contributed by atoms with Crippen molar-refractivity contribution in [3.8, 4) is 22.9 Å². The van der Waals surface area contributed by atoms with Gasteiger partial charge in [0, 0.05) is 5.56 Å². The molecule has 5 aromatic rings. The molecule has 6 rings (SSSR count). The molecule has 0 N–H and O–H groups in total. The lowest BCUT2D eigenvalue weighted by atomic mass is 10.2. The summed E-state index contributed by atoms with van der Waals surface area (Å²) < 4.78 is 23.2. The van der Waals surface area contributed by atoms with Gasteiger partial charge in [-0.2, -0.15) is 4.98 Å². The highest BCUT2D eigenvalue weighted by Crippen LogP contribution is 2.35. The summed E-state index contributed by atoms with van der Waals surface area (Å²) in [6.07, 6.45) is 1.58. The first-order chi connectivity index (χ1) is 16.2. The normalized spacial score (nSPS) is 12.5. The summed E-state index contributed by atoms with van der Waals surface area (Å²) in [5.41, 5.74) is 1.26. The van der Waals surface area contributed by atoms with Crippen molar-refractivity contribution < 1.29 is 18.4 Å². The van der Waals surface area contributed by atoms with Crippen molar-refractivity contribution in [3.05, 3.63) is 82.9 Å². The fraction of sp³-hybridized carbons (Fsp3) is 0.130. The molecule has 0 amide bonds. The summed E-state index contributed by atoms with van der Waals surface area (Å²) in [7, 11) is 0. The van der Waals surface area contributed by atoms with Crippen molar-refractivity contribution in [1.29, 1.82) is 0 Å². The van der Waals surface area contributed by atoms with Gasteiger partial charge in [-0.25, -0.2) is 4.98 Å². The Morgan fingerprint density at radius 1 is 1.00 bits per heavy atom. The maximum absolute atomic E-state index is 13.2. The number of hydrogen-bond acceptors (Lipinski definition) is 9. The Bertz CT molecular complexity index is 1510. The first-order valence-electron chi connectivity index (χ1n) is 10.1. The molecular formula is C23H16N4O5S. The van der Waals surface area contributed by atoms with Crippen molar-refractivity contribution in [1.82, 2.24) is 19.7 Å². The Labute approximate surface area is 191 Å². The van der Waals surface area contributed by atoms with Gasteiger partial charge in [0.1, 0.15) is 5.76 Å². The Kier molecular flexibility index (Phi) is 4.84. The van der Waals surface area contributed by atoms with Crippen LogP contribution >= 0.6 is 11.8 Å². The van der Waals surface area contributed by atoms with Crippen LogP contribution in [0.2, 0.25) is 0 Å². The highest BCUT2D eigenvalue weighted by atomic mass is 32.2. The first-order valence-corrected chi connectivity index (χ1v) is 11.1. The fourth-order valence-electron chi connectivity index (χ4n) is 3.55. The number of aromatic nitrogens is 4. The molecule has 0 fully saturated rings. The molecule has 0 spiro atoms. The van der Waals surface area contributed by atoms with E-state index in [1.54, 1.807) is 23.0 Å². The Morgan fingerprint density at radius 2 is 1.91 bits per heavy atom. The first kappa shape index (κ1) is 19.6. The predicted molar refractivity (Wildman–Crippen MR) is 119 cm³/mol. The van der Waals surface area contributed by atoms with E-state index in [0.29, 0.717) is 50.8 Å². The molecule has 2 aromatic carbocycles. The maximum atomic E-state index is 13.2. The molecule has 0 aliphatic carbocycles. The quantitative estimate of drug-likeness (QED) is 0.273. The van der Waals surface area contributed by atoms with Crippen LogP contribution in [0.1, 0.15) is 11.7 Å². The van der Waals surface area contributed by atoms with Crippen molar-refractivity contribution >= 4 is 22.7 Å². The molecular weight excluding hydrogens is 444 g/mol. The zero-order chi connectivity index (χ0) is 22.2. The van der Waals surface area contributed by atoms with Gasteiger partial charge < -0.3 is 18.4 Å². The number of benzene rings is 2. The standard InChI is InChI=1S/C23H16N4O5S/c28-22-16-5-1-2-6-17(16)24-23(27(22)11-15-4-3-9-29-15)33-12-20-25-21(26-32-20)14-7-8-18-19(10-14)31-13-30-18/h1-10H,11-13H2. The smallest absolute Gasteiger partial charge is 0.262 e. The minimum absolute atomic E-state index is 0.133. The van der Waals surface area contributed by atoms with Crippen LogP contribution < -0.4 is 15.0 Å². The molecule has 3 aromatic heterocycles. The Morgan fingerprint density at radius 3 is 2.82 bits per heavy atom. The summed E-state index contributed by atoms with van der Waals surface area (Å²) in [6.45, 7) is 0.476. The molecule has 9 nitrogen and oxygen atoms in total. The van der Waals surface area contributed by atoms with E-state index in [4.69, 9.17) is 23.4 Å². The molecule has 0 atom stereocenters. The van der Waals surface area contributed by atoms with Gasteiger partial charge in [-0.3, -0.25) is 9.36 Å². The van der Waals surface area contributed by atoms with Crippen molar-refractivity contribution in [3.63, 3.8) is 0 Å². The monoisotopic (exact) mass is 460 g/mol. The number of thioether (sulfide) groups is 1. The van der Waals surface area contributed by atoms with E-state index in [-0.39, 0.29) is 18.9 Å². The maximum Gasteiger partial charge on any atom is 0.262 e. The molecule has 164 valence electrons. The average molecular weight is 460 g/mol. The van der Waals surface area contributed by atoms with Crippen molar-refractivity contribution in [2.24, 2.45) is 0 Å². The highest BCUT2D eigenvalue weighted by Gasteiger charge is 2.18. The molecule has 0 unspecified atom stereocenters. The van der Waals surface area contributed by atoms with E-state index in [9.17, 15) is 4.79 Å². The predicted octanol–water partition coefficient (Wildman–Crippen LogP) is 4.11. The number of hydrogen-bond donors (Lipinski definition) is 0. The van der Waals surface area contributed by atoms with Crippen LogP contribution in [0.15, 0.2) is 79.8 Å². The van der Waals surface area contributed by atoms with Crippen LogP contribution in [0.25, 0.3) is 22.3 Å². The summed E-state index contributed by atoms with van der Waals surface area (Å²) in [5.74, 6) is 3.22. The van der Waals surface area contributed by atoms with Gasteiger partial charge in [-0.15, -0.1) is 0 Å². The van der Waals surface area contributed by atoms with Gasteiger partial charge in [-0.1, -0.05) is 29.1 Å². The van der Waals surface area contributed by atoms with Gasteiger partial charge >= 0.3 is 0 Å². The Balaban J connectivity index is 1.29. The molecule has 33 heavy (non-hydrogen) atoms. The second kappa shape index (κ2) is 8.14. The van der Waals surface area contributed by atoms with Crippen LogP contribution in [0, 0.1) is 0 Å². The van der Waals surface area contributed by atoms with Crippen molar-refractivity contribution in [2.75, 3.05) is 6.79 Å². The minimum atomic E-state index is -0.133. The molecule has 0 saturated carbocycles. The third-order valence-electron chi connectivity index (χ3n) is 5.14. The molecule has 1 aliphatic rings. The van der Waals surface area contributed by atoms with E-state index in [1.807, 2.05) is 42.5 Å². The van der Waals surface area contributed by atoms with E-state index in [1.165, 1.54) is 11.8 Å². The second-order valence-corrected chi connectivity index (χ2v) is 8.19. The SMILES string of the molecule is O=c1c2ccccc2nc(SCc2nc(-c3ccc4c(c3)OCO4)no2)n1Cc1ccco1. The summed E-state index contributed by atoms with van der Waals surface area (Å²) in [4.78, 5) is 22.3. The number of nitrogens with zero attached hydrogens (tertiary/aromatic N) is 4. The molecule has 0 bridgehead atoms. The van der Waals surface area contributed by atoms with Crippen LogP contribution in [0.5, 0.6) is 11.5 Å². The molecule has 10 heteroatoms. The lowest BCUT2D eigenvalue weighted by Gasteiger charge is -2.11. The molecule has 0 radical (unpaired) electrons. The highest BCUT2D eigenvalue weighted by molar-refractivity contribution is 7.98.